The predicted octanol–water partition coefficient (Wildman–Crippen LogP) is 3.71. The molecule has 0 spiro atoms. The van der Waals surface area contributed by atoms with Gasteiger partial charge in [-0.15, -0.1) is 0 Å². The van der Waals surface area contributed by atoms with Crippen molar-refractivity contribution >= 4 is 17.8 Å². The van der Waals surface area contributed by atoms with E-state index in [0.29, 0.717) is 0 Å². The lowest BCUT2D eigenvalue weighted by Crippen LogP contribution is -1.75. The summed E-state index contributed by atoms with van der Waals surface area (Å²) >= 11 is 1.83. The molecule has 0 fully saturated rings. The average molecular weight is 174 g/mol. The number of hydrogen-bond donors (Lipinski definition) is 0. The Kier molecular flexibility index (Phi) is 2.05. The van der Waals surface area contributed by atoms with Gasteiger partial charge in [-0.2, -0.15) is 0 Å². The normalized spacial score (nSPS) is 14.9. The lowest BCUT2D eigenvalue weighted by molar-refractivity contribution is 1.43. The number of allylic oxidation sites excluding steroid dienone is 3. The number of benzene rings is 1. The largest absolute Gasteiger partial charge is 0.0942 e. The molecule has 60 valence electrons. The number of fused-ring (bicyclic) bond motifs is 1. The van der Waals surface area contributed by atoms with Crippen LogP contribution in [0.2, 0.25) is 0 Å². The van der Waals surface area contributed by atoms with E-state index in [9.17, 15) is 0 Å². The highest BCUT2D eigenvalue weighted by molar-refractivity contribution is 8.03. The Balaban J connectivity index is 2.49. The lowest BCUT2D eigenvalue weighted by Gasteiger charge is -2.02. The summed E-state index contributed by atoms with van der Waals surface area (Å²) in [5.74, 6) is 0. The molecular weight excluding hydrogens is 164 g/mol. The first-order valence-corrected chi connectivity index (χ1v) is 4.80. The Morgan fingerprint density at radius 2 is 2.00 bits per heavy atom. The Hall–Kier alpha value is -0.950. The zero-order valence-electron chi connectivity index (χ0n) is 6.95. The van der Waals surface area contributed by atoms with Crippen LogP contribution in [-0.2, 0) is 0 Å². The van der Waals surface area contributed by atoms with E-state index < -0.39 is 0 Å². The molecular formula is C11H10S. The Labute approximate surface area is 77.0 Å². The fourth-order valence-corrected chi connectivity index (χ4v) is 2.10. The summed E-state index contributed by atoms with van der Waals surface area (Å²) < 4.78 is 0. The van der Waals surface area contributed by atoms with Gasteiger partial charge in [-0.1, -0.05) is 48.2 Å². The van der Waals surface area contributed by atoms with Gasteiger partial charge in [-0.3, -0.25) is 0 Å². The Morgan fingerprint density at radius 1 is 1.17 bits per heavy atom. The molecule has 0 aromatic heterocycles. The van der Waals surface area contributed by atoms with E-state index in [1.54, 1.807) is 0 Å². The molecule has 1 aliphatic heterocycles. The highest BCUT2D eigenvalue weighted by Crippen LogP contribution is 2.31. The van der Waals surface area contributed by atoms with Crippen molar-refractivity contribution in [1.82, 2.24) is 0 Å². The van der Waals surface area contributed by atoms with Crippen LogP contribution in [0, 0.1) is 0 Å². The monoisotopic (exact) mass is 174 g/mol. The van der Waals surface area contributed by atoms with Crippen LogP contribution in [-0.4, -0.2) is 0 Å². The second-order valence-electron chi connectivity index (χ2n) is 2.78. The van der Waals surface area contributed by atoms with Gasteiger partial charge in [-0.05, 0) is 23.5 Å². The smallest absolute Gasteiger partial charge is 0.0191 e. The summed E-state index contributed by atoms with van der Waals surface area (Å²) in [6.07, 6.45) is 6.40. The third kappa shape index (κ3) is 1.46. The van der Waals surface area contributed by atoms with Gasteiger partial charge in [0.25, 0.3) is 0 Å². The molecule has 12 heavy (non-hydrogen) atoms. The van der Waals surface area contributed by atoms with Crippen molar-refractivity contribution in [3.05, 3.63) is 46.9 Å². The number of rotatable bonds is 0. The summed E-state index contributed by atoms with van der Waals surface area (Å²) in [6, 6.07) is 8.46. The third-order valence-corrected chi connectivity index (χ3v) is 2.85. The van der Waals surface area contributed by atoms with E-state index in [1.807, 2.05) is 11.8 Å². The van der Waals surface area contributed by atoms with E-state index in [1.165, 1.54) is 15.4 Å². The molecule has 0 unspecified atom stereocenters. The van der Waals surface area contributed by atoms with E-state index in [4.69, 9.17) is 0 Å². The quantitative estimate of drug-likeness (QED) is 0.577. The number of hydrogen-bond acceptors (Lipinski definition) is 1. The summed E-state index contributed by atoms with van der Waals surface area (Å²) in [6.45, 7) is 2.14. The summed E-state index contributed by atoms with van der Waals surface area (Å²) in [5, 5.41) is 0. The van der Waals surface area contributed by atoms with Crippen LogP contribution in [0.5, 0.6) is 0 Å². The van der Waals surface area contributed by atoms with Crippen molar-refractivity contribution in [2.24, 2.45) is 0 Å². The summed E-state index contributed by atoms with van der Waals surface area (Å²) in [4.78, 5) is 2.69. The first kappa shape index (κ1) is 7.69. The maximum absolute atomic E-state index is 2.16. The standard InChI is InChI=1S/C11H10S/c1-9-5-4-7-10-6-2-3-8-11(10)12-9/h2-8H,1H3. The first-order valence-electron chi connectivity index (χ1n) is 3.98. The molecule has 0 atom stereocenters. The van der Waals surface area contributed by atoms with Crippen molar-refractivity contribution in [2.45, 2.75) is 11.8 Å². The molecule has 1 aromatic rings. The average Bonchev–Trinajstić information content (AvgIpc) is 2.25. The molecule has 0 radical (unpaired) electrons. The minimum atomic E-state index is 1.32. The lowest BCUT2D eigenvalue weighted by atomic mass is 10.2. The second-order valence-corrected chi connectivity index (χ2v) is 4.06. The molecule has 1 aliphatic rings. The molecule has 0 amide bonds. The topological polar surface area (TPSA) is 0 Å². The highest BCUT2D eigenvalue weighted by Gasteiger charge is 2.02. The first-order chi connectivity index (χ1) is 5.86. The van der Waals surface area contributed by atoms with E-state index in [-0.39, 0.29) is 0 Å². The molecule has 0 bridgehead atoms. The molecule has 0 nitrogen and oxygen atoms in total. The zero-order valence-corrected chi connectivity index (χ0v) is 7.77. The fraction of sp³-hybridized carbons (Fsp3) is 0.0909. The maximum atomic E-state index is 2.16. The van der Waals surface area contributed by atoms with Gasteiger partial charge in [0.05, 0.1) is 0 Å². The van der Waals surface area contributed by atoms with E-state index >= 15 is 0 Å². The van der Waals surface area contributed by atoms with Crippen molar-refractivity contribution in [3.8, 4) is 0 Å². The number of thioether (sulfide) groups is 1. The van der Waals surface area contributed by atoms with Gasteiger partial charge in [-0.25, -0.2) is 0 Å². The van der Waals surface area contributed by atoms with Crippen LogP contribution in [0.25, 0.3) is 6.08 Å². The summed E-state index contributed by atoms with van der Waals surface area (Å²) in [7, 11) is 0. The maximum Gasteiger partial charge on any atom is 0.0191 e. The van der Waals surface area contributed by atoms with Crippen molar-refractivity contribution in [2.75, 3.05) is 0 Å². The molecule has 0 saturated carbocycles. The molecule has 2 rings (SSSR count). The van der Waals surface area contributed by atoms with Crippen LogP contribution in [0.15, 0.2) is 46.2 Å². The minimum absolute atomic E-state index is 1.32. The van der Waals surface area contributed by atoms with Crippen molar-refractivity contribution in [1.29, 1.82) is 0 Å². The van der Waals surface area contributed by atoms with Crippen LogP contribution in [0.3, 0.4) is 0 Å². The fourth-order valence-electron chi connectivity index (χ4n) is 1.21. The highest BCUT2D eigenvalue weighted by atomic mass is 32.2. The molecule has 1 aromatic carbocycles. The van der Waals surface area contributed by atoms with Gasteiger partial charge in [0.15, 0.2) is 0 Å². The van der Waals surface area contributed by atoms with Gasteiger partial charge in [0, 0.05) is 4.90 Å². The minimum Gasteiger partial charge on any atom is -0.0942 e. The zero-order chi connectivity index (χ0) is 8.39. The Morgan fingerprint density at radius 3 is 2.92 bits per heavy atom. The molecule has 0 aliphatic carbocycles. The van der Waals surface area contributed by atoms with Crippen LogP contribution >= 0.6 is 11.8 Å². The molecule has 0 N–H and O–H groups in total. The van der Waals surface area contributed by atoms with Crippen LogP contribution in [0.4, 0.5) is 0 Å². The molecule has 1 heteroatoms. The SMILES string of the molecule is CC1=CC=Cc2ccccc2S1. The predicted molar refractivity (Wildman–Crippen MR) is 55.1 cm³/mol. The third-order valence-electron chi connectivity index (χ3n) is 1.80. The van der Waals surface area contributed by atoms with Gasteiger partial charge >= 0.3 is 0 Å². The Bertz CT molecular complexity index is 348. The van der Waals surface area contributed by atoms with Crippen LogP contribution < -0.4 is 0 Å². The molecule has 0 saturated heterocycles. The van der Waals surface area contributed by atoms with E-state index in [2.05, 4.69) is 49.4 Å². The van der Waals surface area contributed by atoms with Crippen molar-refractivity contribution < 1.29 is 0 Å². The van der Waals surface area contributed by atoms with E-state index in [0.717, 1.165) is 0 Å². The van der Waals surface area contributed by atoms with Gasteiger partial charge < -0.3 is 0 Å². The molecule has 1 heterocycles. The second kappa shape index (κ2) is 3.20. The summed E-state index contributed by atoms with van der Waals surface area (Å²) in [5.41, 5.74) is 1.32. The van der Waals surface area contributed by atoms with Gasteiger partial charge in [0.2, 0.25) is 0 Å². The van der Waals surface area contributed by atoms with Gasteiger partial charge in [0.1, 0.15) is 0 Å². The van der Waals surface area contributed by atoms with Crippen molar-refractivity contribution in [3.63, 3.8) is 0 Å². The van der Waals surface area contributed by atoms with Crippen LogP contribution in [0.1, 0.15) is 12.5 Å².